The zero-order valence-corrected chi connectivity index (χ0v) is 12.3. The minimum atomic E-state index is -0.0875. The van der Waals surface area contributed by atoms with Crippen LogP contribution in [0.15, 0.2) is 14.6 Å². The second-order valence-electron chi connectivity index (χ2n) is 4.05. The molecule has 0 fully saturated rings. The highest BCUT2D eigenvalue weighted by atomic mass is 79.9. The Kier molecular flexibility index (Phi) is 4.50. The summed E-state index contributed by atoms with van der Waals surface area (Å²) in [6, 6.07) is 1.86. The number of fused-ring (bicyclic) bond motifs is 1. The van der Waals surface area contributed by atoms with Gasteiger partial charge in [-0.05, 0) is 29.0 Å². The number of hydrogen-bond acceptors (Lipinski definition) is 5. The van der Waals surface area contributed by atoms with E-state index in [1.54, 1.807) is 0 Å². The van der Waals surface area contributed by atoms with E-state index in [2.05, 4.69) is 25.9 Å². The van der Waals surface area contributed by atoms with E-state index in [4.69, 9.17) is 5.11 Å². The van der Waals surface area contributed by atoms with Gasteiger partial charge in [0, 0.05) is 19.5 Å². The third-order valence-electron chi connectivity index (χ3n) is 2.61. The first kappa shape index (κ1) is 13.7. The van der Waals surface area contributed by atoms with Gasteiger partial charge < -0.3 is 15.0 Å². The number of aliphatic hydroxyl groups is 1. The van der Waals surface area contributed by atoms with E-state index in [1.807, 2.05) is 18.0 Å². The lowest BCUT2D eigenvalue weighted by Crippen LogP contribution is -2.25. The van der Waals surface area contributed by atoms with Crippen LogP contribution in [0.1, 0.15) is 5.82 Å². The molecule has 5 nitrogen and oxygen atoms in total. The van der Waals surface area contributed by atoms with Crippen LogP contribution in [-0.4, -0.2) is 46.7 Å². The van der Waals surface area contributed by atoms with E-state index in [0.29, 0.717) is 23.5 Å². The Morgan fingerprint density at radius 1 is 1.56 bits per heavy atom. The van der Waals surface area contributed by atoms with E-state index in [-0.39, 0.29) is 12.2 Å². The number of halogens is 1. The highest BCUT2D eigenvalue weighted by Gasteiger charge is 2.08. The minimum absolute atomic E-state index is 0.0875. The van der Waals surface area contributed by atoms with Crippen molar-refractivity contribution in [3.05, 3.63) is 26.0 Å². The number of nitrogens with one attached hydrogen (secondary N) is 1. The highest BCUT2D eigenvalue weighted by Crippen LogP contribution is 2.25. The number of H-pyrrole nitrogens is 1. The summed E-state index contributed by atoms with van der Waals surface area (Å²) in [5, 5.41) is 8.80. The van der Waals surface area contributed by atoms with Gasteiger partial charge in [0.2, 0.25) is 0 Å². The SMILES string of the molecule is CN(CCO)CCc1nc2cc(Br)sc2c(=O)[nH]1. The van der Waals surface area contributed by atoms with Gasteiger partial charge in [-0.1, -0.05) is 0 Å². The maximum absolute atomic E-state index is 11.8. The Balaban J connectivity index is 2.16. The molecule has 98 valence electrons. The third kappa shape index (κ3) is 3.17. The van der Waals surface area contributed by atoms with Crippen LogP contribution in [0, 0.1) is 0 Å². The molecule has 0 radical (unpaired) electrons. The summed E-state index contributed by atoms with van der Waals surface area (Å²) >= 11 is 4.74. The second-order valence-corrected chi connectivity index (χ2v) is 6.49. The molecule has 0 saturated carbocycles. The lowest BCUT2D eigenvalue weighted by atomic mass is 10.3. The number of aromatic nitrogens is 2. The lowest BCUT2D eigenvalue weighted by Gasteiger charge is -2.13. The molecule has 18 heavy (non-hydrogen) atoms. The van der Waals surface area contributed by atoms with Crippen LogP contribution in [-0.2, 0) is 6.42 Å². The van der Waals surface area contributed by atoms with Gasteiger partial charge in [0.05, 0.1) is 15.9 Å². The Morgan fingerprint density at radius 2 is 2.33 bits per heavy atom. The zero-order valence-electron chi connectivity index (χ0n) is 9.94. The first-order chi connectivity index (χ1) is 8.60. The van der Waals surface area contributed by atoms with E-state index < -0.39 is 0 Å². The fraction of sp³-hybridized carbons (Fsp3) is 0.455. The Bertz CT molecular complexity index is 595. The van der Waals surface area contributed by atoms with Crippen LogP contribution in [0.3, 0.4) is 0 Å². The van der Waals surface area contributed by atoms with Crippen LogP contribution >= 0.6 is 27.3 Å². The van der Waals surface area contributed by atoms with E-state index >= 15 is 0 Å². The molecule has 0 amide bonds. The molecule has 0 aliphatic heterocycles. The molecule has 0 bridgehead atoms. The molecule has 0 aromatic carbocycles. The number of likely N-dealkylation sites (N-methyl/N-ethyl adjacent to an activating group) is 1. The fourth-order valence-corrected chi connectivity index (χ4v) is 3.08. The summed E-state index contributed by atoms with van der Waals surface area (Å²) < 4.78 is 1.55. The molecule has 2 aromatic heterocycles. The molecule has 2 rings (SSSR count). The number of aliphatic hydroxyl groups excluding tert-OH is 1. The van der Waals surface area contributed by atoms with Gasteiger partial charge in [0.1, 0.15) is 10.5 Å². The minimum Gasteiger partial charge on any atom is -0.395 e. The lowest BCUT2D eigenvalue weighted by molar-refractivity contribution is 0.222. The maximum Gasteiger partial charge on any atom is 0.268 e. The summed E-state index contributed by atoms with van der Waals surface area (Å²) in [5.41, 5.74) is 0.644. The van der Waals surface area contributed by atoms with Crippen LogP contribution in [0.25, 0.3) is 10.2 Å². The number of aromatic amines is 1. The van der Waals surface area contributed by atoms with Gasteiger partial charge >= 0.3 is 0 Å². The first-order valence-electron chi connectivity index (χ1n) is 5.58. The van der Waals surface area contributed by atoms with Crippen molar-refractivity contribution in [3.63, 3.8) is 0 Å². The molecular weight excluding hydrogens is 318 g/mol. The number of thiophene rings is 1. The first-order valence-corrected chi connectivity index (χ1v) is 7.18. The molecule has 0 aliphatic rings. The predicted octanol–water partition coefficient (Wildman–Crippen LogP) is 1.21. The summed E-state index contributed by atoms with van der Waals surface area (Å²) in [7, 11) is 1.92. The molecule has 2 N–H and O–H groups in total. The van der Waals surface area contributed by atoms with Crippen LogP contribution < -0.4 is 5.56 Å². The summed E-state index contributed by atoms with van der Waals surface area (Å²) in [6.07, 6.45) is 0.662. The van der Waals surface area contributed by atoms with Crippen molar-refractivity contribution in [2.24, 2.45) is 0 Å². The zero-order chi connectivity index (χ0) is 13.1. The number of rotatable bonds is 5. The van der Waals surface area contributed by atoms with Crippen molar-refractivity contribution >= 4 is 37.5 Å². The van der Waals surface area contributed by atoms with Crippen LogP contribution in [0.2, 0.25) is 0 Å². The molecule has 0 atom stereocenters. The molecule has 0 unspecified atom stereocenters. The fourth-order valence-electron chi connectivity index (χ4n) is 1.66. The quantitative estimate of drug-likeness (QED) is 0.864. The average Bonchev–Trinajstić information content (AvgIpc) is 2.68. The monoisotopic (exact) mass is 331 g/mol. The largest absolute Gasteiger partial charge is 0.395 e. The predicted molar refractivity (Wildman–Crippen MR) is 76.2 cm³/mol. The van der Waals surface area contributed by atoms with Gasteiger partial charge in [-0.15, -0.1) is 11.3 Å². The van der Waals surface area contributed by atoms with Gasteiger partial charge in [-0.2, -0.15) is 0 Å². The summed E-state index contributed by atoms with van der Waals surface area (Å²) in [6.45, 7) is 1.51. The van der Waals surface area contributed by atoms with Crippen molar-refractivity contribution in [2.75, 3.05) is 26.7 Å². The van der Waals surface area contributed by atoms with Crippen molar-refractivity contribution < 1.29 is 5.11 Å². The Morgan fingerprint density at radius 3 is 3.06 bits per heavy atom. The molecule has 2 heterocycles. The molecule has 0 saturated heterocycles. The average molecular weight is 332 g/mol. The molecule has 0 aliphatic carbocycles. The Labute approximate surface area is 117 Å². The highest BCUT2D eigenvalue weighted by molar-refractivity contribution is 9.11. The summed E-state index contributed by atoms with van der Waals surface area (Å²) in [5.74, 6) is 0.683. The molecular formula is C11H14BrN3O2S. The standard InChI is InChI=1S/C11H14BrN3O2S/c1-15(4-5-16)3-2-9-13-7-6-8(12)18-10(7)11(17)14-9/h6,16H,2-5H2,1H3,(H,13,14,17). The van der Waals surface area contributed by atoms with E-state index in [1.165, 1.54) is 11.3 Å². The van der Waals surface area contributed by atoms with E-state index in [0.717, 1.165) is 15.8 Å². The maximum atomic E-state index is 11.8. The number of nitrogens with zero attached hydrogens (tertiary/aromatic N) is 2. The molecule has 0 spiro atoms. The van der Waals surface area contributed by atoms with Gasteiger partial charge in [0.25, 0.3) is 5.56 Å². The van der Waals surface area contributed by atoms with Crippen molar-refractivity contribution in [1.82, 2.24) is 14.9 Å². The van der Waals surface area contributed by atoms with Crippen molar-refractivity contribution in [1.29, 1.82) is 0 Å². The van der Waals surface area contributed by atoms with Gasteiger partial charge in [-0.25, -0.2) is 4.98 Å². The van der Waals surface area contributed by atoms with E-state index in [9.17, 15) is 4.79 Å². The van der Waals surface area contributed by atoms with Gasteiger partial charge in [-0.3, -0.25) is 4.79 Å². The summed E-state index contributed by atoms with van der Waals surface area (Å²) in [4.78, 5) is 21.0. The molecule has 2 aromatic rings. The normalized spacial score (nSPS) is 11.6. The van der Waals surface area contributed by atoms with Crippen molar-refractivity contribution in [3.8, 4) is 0 Å². The number of hydrogen-bond donors (Lipinski definition) is 2. The third-order valence-corrected chi connectivity index (χ3v) is 4.24. The Hall–Kier alpha value is -0.760. The van der Waals surface area contributed by atoms with Crippen molar-refractivity contribution in [2.45, 2.75) is 6.42 Å². The van der Waals surface area contributed by atoms with Crippen LogP contribution in [0.4, 0.5) is 0 Å². The molecule has 7 heteroatoms. The second kappa shape index (κ2) is 5.92. The van der Waals surface area contributed by atoms with Gasteiger partial charge in [0.15, 0.2) is 0 Å². The smallest absolute Gasteiger partial charge is 0.268 e. The van der Waals surface area contributed by atoms with Crippen LogP contribution in [0.5, 0.6) is 0 Å². The topological polar surface area (TPSA) is 69.2 Å².